The summed E-state index contributed by atoms with van der Waals surface area (Å²) in [5.74, 6) is 0.490. The van der Waals surface area contributed by atoms with Gasteiger partial charge in [0.05, 0.1) is 11.1 Å². The molecule has 0 atom stereocenters. The summed E-state index contributed by atoms with van der Waals surface area (Å²) < 4.78 is 2.10. The van der Waals surface area contributed by atoms with Gasteiger partial charge in [-0.05, 0) is 60.6 Å². The quantitative estimate of drug-likeness (QED) is 0.297. The van der Waals surface area contributed by atoms with Gasteiger partial charge in [0.1, 0.15) is 5.82 Å². The van der Waals surface area contributed by atoms with Gasteiger partial charge in [0.15, 0.2) is 5.65 Å². The van der Waals surface area contributed by atoms with Crippen molar-refractivity contribution in [2.75, 3.05) is 5.73 Å². The van der Waals surface area contributed by atoms with Gasteiger partial charge in [-0.25, -0.2) is 4.98 Å². The number of aromatic nitrogens is 3. The first-order chi connectivity index (χ1) is 15.5. The lowest BCUT2D eigenvalue weighted by molar-refractivity contribution is 0.987. The molecular formula is C26H19ClN4S. The van der Waals surface area contributed by atoms with Crippen LogP contribution in [0.2, 0.25) is 5.02 Å². The lowest BCUT2D eigenvalue weighted by atomic mass is 9.99. The lowest BCUT2D eigenvalue weighted by Gasteiger charge is -2.16. The number of nitrogens with two attached hydrogens (primary N) is 1. The van der Waals surface area contributed by atoms with E-state index in [1.165, 1.54) is 5.56 Å². The van der Waals surface area contributed by atoms with Crippen molar-refractivity contribution in [1.29, 1.82) is 0 Å². The van der Waals surface area contributed by atoms with Crippen LogP contribution in [0.15, 0.2) is 84.9 Å². The first kappa shape index (κ1) is 20.4. The van der Waals surface area contributed by atoms with Crippen LogP contribution < -0.4 is 5.73 Å². The second-order valence-corrected chi connectivity index (χ2v) is 8.38. The number of pyridine rings is 1. The zero-order valence-electron chi connectivity index (χ0n) is 17.3. The second-order valence-electron chi connectivity index (χ2n) is 7.58. The molecule has 32 heavy (non-hydrogen) atoms. The molecule has 2 aromatic heterocycles. The topological polar surface area (TPSA) is 56.7 Å². The largest absolute Gasteiger partial charge is 0.384 e. The second kappa shape index (κ2) is 8.19. The minimum Gasteiger partial charge on any atom is -0.384 e. The fourth-order valence-corrected chi connectivity index (χ4v) is 4.19. The molecule has 0 fully saturated rings. The number of fused-ring (bicyclic) bond motifs is 1. The van der Waals surface area contributed by atoms with Gasteiger partial charge in [-0.3, -0.25) is 4.57 Å². The van der Waals surface area contributed by atoms with E-state index < -0.39 is 0 Å². The average molecular weight is 455 g/mol. The molecule has 156 valence electrons. The molecule has 0 saturated carbocycles. The molecule has 0 aliphatic heterocycles. The highest BCUT2D eigenvalue weighted by molar-refractivity contribution is 7.71. The van der Waals surface area contributed by atoms with Crippen LogP contribution in [0.5, 0.6) is 0 Å². The molecule has 0 spiro atoms. The summed E-state index contributed by atoms with van der Waals surface area (Å²) in [5.41, 5.74) is 13.0. The minimum atomic E-state index is 0.338. The van der Waals surface area contributed by atoms with Crippen LogP contribution in [-0.2, 0) is 0 Å². The van der Waals surface area contributed by atoms with Crippen molar-refractivity contribution in [3.63, 3.8) is 0 Å². The van der Waals surface area contributed by atoms with Crippen LogP contribution in [0.3, 0.4) is 0 Å². The summed E-state index contributed by atoms with van der Waals surface area (Å²) in [7, 11) is 0. The molecule has 2 heterocycles. The van der Waals surface area contributed by atoms with E-state index in [1.54, 1.807) is 16.7 Å². The molecule has 3 aromatic carbocycles. The van der Waals surface area contributed by atoms with Crippen molar-refractivity contribution in [2.45, 2.75) is 6.92 Å². The molecule has 0 radical (unpaired) electrons. The van der Waals surface area contributed by atoms with Crippen LogP contribution >= 0.6 is 23.8 Å². The number of hydrogen-bond acceptors (Lipinski definition) is 4. The van der Waals surface area contributed by atoms with Gasteiger partial charge in [0.2, 0.25) is 4.77 Å². The number of benzene rings is 3. The Hall–Kier alpha value is -3.54. The van der Waals surface area contributed by atoms with E-state index >= 15 is 0 Å². The van der Waals surface area contributed by atoms with Crippen LogP contribution in [0.4, 0.5) is 5.82 Å². The van der Waals surface area contributed by atoms with E-state index in [1.807, 2.05) is 30.3 Å². The molecule has 5 aromatic rings. The molecule has 0 unspecified atom stereocenters. The molecule has 2 N–H and O–H groups in total. The summed E-state index contributed by atoms with van der Waals surface area (Å²) >= 11 is 11.7. The monoisotopic (exact) mass is 454 g/mol. The van der Waals surface area contributed by atoms with Gasteiger partial charge in [-0.2, -0.15) is 4.98 Å². The Bertz CT molecular complexity index is 1490. The average Bonchev–Trinajstić information content (AvgIpc) is 2.80. The molecule has 0 amide bonds. The van der Waals surface area contributed by atoms with Crippen LogP contribution in [-0.4, -0.2) is 14.5 Å². The molecule has 5 rings (SSSR count). The fourth-order valence-electron chi connectivity index (χ4n) is 3.78. The summed E-state index contributed by atoms with van der Waals surface area (Å²) in [6.07, 6.45) is 0. The Morgan fingerprint density at radius 2 is 1.53 bits per heavy atom. The maximum absolute atomic E-state index is 6.72. The Morgan fingerprint density at radius 3 is 2.22 bits per heavy atom. The van der Waals surface area contributed by atoms with Crippen molar-refractivity contribution in [2.24, 2.45) is 0 Å². The van der Waals surface area contributed by atoms with E-state index in [2.05, 4.69) is 54.4 Å². The van der Waals surface area contributed by atoms with Gasteiger partial charge in [0, 0.05) is 16.3 Å². The zero-order valence-corrected chi connectivity index (χ0v) is 18.9. The van der Waals surface area contributed by atoms with E-state index in [4.69, 9.17) is 34.5 Å². The lowest BCUT2D eigenvalue weighted by Crippen LogP contribution is -2.09. The predicted octanol–water partition coefficient (Wildman–Crippen LogP) is 7.03. The van der Waals surface area contributed by atoms with E-state index in [-0.39, 0.29) is 0 Å². The van der Waals surface area contributed by atoms with Crippen LogP contribution in [0, 0.1) is 11.7 Å². The highest BCUT2D eigenvalue weighted by Crippen LogP contribution is 2.35. The first-order valence-corrected chi connectivity index (χ1v) is 10.9. The molecule has 6 heteroatoms. The number of nitrogen functional groups attached to an aromatic ring is 1. The summed E-state index contributed by atoms with van der Waals surface area (Å²) in [5, 5.41) is 1.40. The van der Waals surface area contributed by atoms with Gasteiger partial charge >= 0.3 is 0 Å². The molecule has 0 saturated heterocycles. The van der Waals surface area contributed by atoms with Crippen molar-refractivity contribution in [3.05, 3.63) is 100 Å². The predicted molar refractivity (Wildman–Crippen MR) is 135 cm³/mol. The summed E-state index contributed by atoms with van der Waals surface area (Å²) in [6.45, 7) is 2.06. The fraction of sp³-hybridized carbons (Fsp3) is 0.0385. The number of rotatable bonds is 3. The maximum atomic E-state index is 6.72. The third-order valence-corrected chi connectivity index (χ3v) is 5.93. The smallest absolute Gasteiger partial charge is 0.207 e. The van der Waals surface area contributed by atoms with Crippen molar-refractivity contribution in [3.8, 4) is 28.1 Å². The van der Waals surface area contributed by atoms with Crippen molar-refractivity contribution in [1.82, 2.24) is 14.5 Å². The minimum absolute atomic E-state index is 0.338. The Labute approximate surface area is 196 Å². The number of halogens is 1. The van der Waals surface area contributed by atoms with Crippen LogP contribution in [0.25, 0.3) is 39.1 Å². The number of anilines is 1. The van der Waals surface area contributed by atoms with Gasteiger partial charge in [-0.1, -0.05) is 71.8 Å². The summed E-state index contributed by atoms with van der Waals surface area (Å²) in [4.78, 5) is 9.52. The molecule has 0 aliphatic rings. The number of nitrogens with zero attached hydrogens (tertiary/aromatic N) is 3. The molecular weight excluding hydrogens is 436 g/mol. The normalized spacial score (nSPS) is 11.1. The number of aryl methyl sites for hydroxylation is 1. The molecule has 0 bridgehead atoms. The zero-order chi connectivity index (χ0) is 22.2. The third-order valence-electron chi connectivity index (χ3n) is 5.41. The third kappa shape index (κ3) is 3.66. The van der Waals surface area contributed by atoms with Gasteiger partial charge < -0.3 is 5.73 Å². The summed E-state index contributed by atoms with van der Waals surface area (Å²) in [6, 6.07) is 27.8. The van der Waals surface area contributed by atoms with E-state index in [0.717, 1.165) is 33.5 Å². The Morgan fingerprint density at radius 1 is 0.844 bits per heavy atom. The first-order valence-electron chi connectivity index (χ1n) is 10.1. The maximum Gasteiger partial charge on any atom is 0.207 e. The molecule has 4 nitrogen and oxygen atoms in total. The van der Waals surface area contributed by atoms with Gasteiger partial charge in [0.25, 0.3) is 0 Å². The Balaban J connectivity index is 1.85. The van der Waals surface area contributed by atoms with Crippen molar-refractivity contribution < 1.29 is 0 Å². The highest BCUT2D eigenvalue weighted by atomic mass is 35.5. The molecule has 0 aliphatic carbocycles. The Kier molecular flexibility index (Phi) is 5.21. The highest BCUT2D eigenvalue weighted by Gasteiger charge is 2.17. The standard InChI is InChI=1S/C26H19ClN4S/c1-16-7-9-18(10-8-16)22-15-21(17-5-3-2-4-6-17)23-24(28)31(26(32)30-25(23)29-22)20-13-11-19(27)12-14-20/h2-15H,28H2,1H3. The van der Waals surface area contributed by atoms with Crippen molar-refractivity contribution >= 4 is 40.7 Å². The van der Waals surface area contributed by atoms with E-state index in [0.29, 0.717) is 21.3 Å². The SMILES string of the molecule is Cc1ccc(-c2cc(-c3ccccc3)c3c(N)n(-c4ccc(Cl)cc4)c(=S)nc3n2)cc1. The van der Waals surface area contributed by atoms with E-state index in [9.17, 15) is 0 Å². The van der Waals surface area contributed by atoms with Gasteiger partial charge in [-0.15, -0.1) is 0 Å². The van der Waals surface area contributed by atoms with Crippen LogP contribution in [0.1, 0.15) is 5.56 Å². The number of hydrogen-bond donors (Lipinski definition) is 1.